The van der Waals surface area contributed by atoms with Crippen LogP contribution in [0.25, 0.3) is 0 Å². The van der Waals surface area contributed by atoms with Crippen molar-refractivity contribution in [2.45, 2.75) is 75.9 Å². The Bertz CT molecular complexity index is 1260. The summed E-state index contributed by atoms with van der Waals surface area (Å²) in [6, 6.07) is 7.60. The van der Waals surface area contributed by atoms with E-state index in [1.165, 1.54) is 11.2 Å². The number of nitrogens with zero attached hydrogens (tertiary/aromatic N) is 3. The molecule has 0 radical (unpaired) electrons. The highest BCUT2D eigenvalue weighted by Gasteiger charge is 2.55. The summed E-state index contributed by atoms with van der Waals surface area (Å²) in [4.78, 5) is 46.5. The molecule has 3 aliphatic rings. The molecule has 14 nitrogen and oxygen atoms in total. The SMILES string of the molecule is CC1(C)OC2C(CCC(=O)N3CCCC3C(=O)O)OC(Nc3ncnc(NC(=O)Nc4ccccc4)c3N)C2O1. The number of nitrogen functional groups attached to an aromatic ring is 1. The quantitative estimate of drug-likeness (QED) is 0.321. The molecule has 0 bridgehead atoms. The van der Waals surface area contributed by atoms with Crippen LogP contribution in [0.4, 0.5) is 27.8 Å². The van der Waals surface area contributed by atoms with Gasteiger partial charge in [0.1, 0.15) is 30.3 Å². The first-order valence-corrected chi connectivity index (χ1v) is 13.1. The minimum atomic E-state index is -0.990. The Hall–Kier alpha value is -4.01. The number of nitrogens with two attached hydrogens (primary N) is 1. The lowest BCUT2D eigenvalue weighted by atomic mass is 10.1. The highest BCUT2D eigenvalue weighted by molar-refractivity contribution is 6.01. The van der Waals surface area contributed by atoms with Gasteiger partial charge in [-0.05, 0) is 45.2 Å². The Morgan fingerprint density at radius 2 is 1.82 bits per heavy atom. The van der Waals surface area contributed by atoms with Crippen LogP contribution in [0.3, 0.4) is 0 Å². The number of benzene rings is 1. The first-order chi connectivity index (χ1) is 19.1. The van der Waals surface area contributed by atoms with E-state index in [1.54, 1.807) is 38.1 Å². The normalized spacial score (nSPS) is 26.8. The fraction of sp³-hybridized carbons (Fsp3) is 0.500. The topological polar surface area (TPSA) is 190 Å². The third-order valence-electron chi connectivity index (χ3n) is 7.08. The predicted octanol–water partition coefficient (Wildman–Crippen LogP) is 2.22. The fourth-order valence-corrected chi connectivity index (χ4v) is 5.30. The Morgan fingerprint density at radius 1 is 1.10 bits per heavy atom. The molecule has 3 amide bonds. The number of ether oxygens (including phenoxy) is 3. The van der Waals surface area contributed by atoms with E-state index in [-0.39, 0.29) is 29.7 Å². The summed E-state index contributed by atoms with van der Waals surface area (Å²) in [5, 5.41) is 17.9. The van der Waals surface area contributed by atoms with Gasteiger partial charge in [-0.3, -0.25) is 10.1 Å². The molecule has 1 aromatic heterocycles. The molecule has 5 atom stereocenters. The summed E-state index contributed by atoms with van der Waals surface area (Å²) in [5.74, 6) is -1.78. The number of amides is 3. The Morgan fingerprint density at radius 3 is 2.58 bits per heavy atom. The van der Waals surface area contributed by atoms with Crippen LogP contribution in [-0.2, 0) is 23.8 Å². The average molecular weight is 556 g/mol. The molecule has 3 saturated heterocycles. The summed E-state index contributed by atoms with van der Waals surface area (Å²) < 4.78 is 18.4. The van der Waals surface area contributed by atoms with Gasteiger partial charge < -0.3 is 40.6 Å². The number of fused-ring (bicyclic) bond motifs is 1. The maximum absolute atomic E-state index is 12.8. The molecule has 1 aromatic carbocycles. The van der Waals surface area contributed by atoms with Gasteiger partial charge in [0, 0.05) is 18.7 Å². The zero-order chi connectivity index (χ0) is 28.4. The Balaban J connectivity index is 1.24. The van der Waals surface area contributed by atoms with Crippen molar-refractivity contribution in [2.75, 3.05) is 28.2 Å². The van der Waals surface area contributed by atoms with E-state index in [0.29, 0.717) is 31.5 Å². The number of rotatable bonds is 8. The summed E-state index contributed by atoms with van der Waals surface area (Å²) in [7, 11) is 0. The molecule has 14 heteroatoms. The van der Waals surface area contributed by atoms with Gasteiger partial charge in [-0.25, -0.2) is 19.6 Å². The van der Waals surface area contributed by atoms with Crippen molar-refractivity contribution >= 4 is 40.9 Å². The number of carbonyl (C=O) groups is 3. The second-order valence-corrected chi connectivity index (χ2v) is 10.4. The summed E-state index contributed by atoms with van der Waals surface area (Å²) in [6.45, 7) is 4.01. The predicted molar refractivity (Wildman–Crippen MR) is 143 cm³/mol. The van der Waals surface area contributed by atoms with Crippen LogP contribution in [0.5, 0.6) is 0 Å². The van der Waals surface area contributed by atoms with Crippen molar-refractivity contribution < 1.29 is 33.7 Å². The molecule has 3 aliphatic heterocycles. The second-order valence-electron chi connectivity index (χ2n) is 10.4. The summed E-state index contributed by atoms with van der Waals surface area (Å²) in [6.07, 6.45) is 0.534. The molecule has 6 N–H and O–H groups in total. The second kappa shape index (κ2) is 11.2. The zero-order valence-electron chi connectivity index (χ0n) is 22.2. The number of hydrogen-bond acceptors (Lipinski definition) is 10. The number of aromatic nitrogens is 2. The minimum absolute atomic E-state index is 0.0939. The third-order valence-corrected chi connectivity index (χ3v) is 7.08. The standard InChI is InChI=1S/C26H33N7O7/c1-26(2)39-19-16(10-11-17(34)33-12-6-9-15(33)24(35)36)38-23(20(19)40-26)31-21-18(27)22(29-13-28-21)32-25(37)30-14-7-4-3-5-8-14/h3-5,7-8,13,15-16,19-20,23H,6,9-12,27H2,1-2H3,(H,35,36)(H3,28,29,30,31,32,37). The van der Waals surface area contributed by atoms with Crippen LogP contribution >= 0.6 is 0 Å². The average Bonchev–Trinajstić information content (AvgIpc) is 3.60. The number of para-hydroxylation sites is 1. The molecule has 3 fully saturated rings. The van der Waals surface area contributed by atoms with Gasteiger partial charge in [0.05, 0.1) is 6.10 Å². The van der Waals surface area contributed by atoms with E-state index < -0.39 is 48.4 Å². The molecule has 5 unspecified atom stereocenters. The number of carbonyl (C=O) groups excluding carboxylic acids is 2. The first-order valence-electron chi connectivity index (χ1n) is 13.1. The zero-order valence-corrected chi connectivity index (χ0v) is 22.2. The van der Waals surface area contributed by atoms with Gasteiger partial charge >= 0.3 is 12.0 Å². The van der Waals surface area contributed by atoms with Crippen molar-refractivity contribution in [1.82, 2.24) is 14.9 Å². The molecule has 4 heterocycles. The van der Waals surface area contributed by atoms with Gasteiger partial charge in [-0.1, -0.05) is 18.2 Å². The van der Waals surface area contributed by atoms with Gasteiger partial charge in [-0.2, -0.15) is 0 Å². The third kappa shape index (κ3) is 5.93. The summed E-state index contributed by atoms with van der Waals surface area (Å²) >= 11 is 0. The lowest BCUT2D eigenvalue weighted by Gasteiger charge is -2.26. The maximum atomic E-state index is 12.8. The highest BCUT2D eigenvalue weighted by atomic mass is 16.8. The number of carboxylic acids is 1. The number of carboxylic acid groups (broad SMARTS) is 1. The first kappa shape index (κ1) is 27.6. The van der Waals surface area contributed by atoms with Crippen molar-refractivity contribution in [2.24, 2.45) is 0 Å². The number of nitrogens with one attached hydrogen (secondary N) is 3. The van der Waals surface area contributed by atoms with E-state index in [1.807, 2.05) is 6.07 Å². The van der Waals surface area contributed by atoms with E-state index in [2.05, 4.69) is 25.9 Å². The van der Waals surface area contributed by atoms with Crippen LogP contribution in [-0.4, -0.2) is 80.8 Å². The number of hydrogen-bond donors (Lipinski definition) is 5. The molecular formula is C26H33N7O7. The highest BCUT2D eigenvalue weighted by Crippen LogP contribution is 2.41. The van der Waals surface area contributed by atoms with E-state index >= 15 is 0 Å². The molecule has 40 heavy (non-hydrogen) atoms. The lowest BCUT2D eigenvalue weighted by molar-refractivity contribution is -0.184. The molecule has 0 spiro atoms. The van der Waals surface area contributed by atoms with Crippen LogP contribution in [0.2, 0.25) is 0 Å². The van der Waals surface area contributed by atoms with E-state index in [4.69, 9.17) is 19.9 Å². The van der Waals surface area contributed by atoms with Gasteiger partial charge in [0.15, 0.2) is 23.7 Å². The Labute approximate surface area is 230 Å². The molecule has 0 saturated carbocycles. The van der Waals surface area contributed by atoms with Crippen LogP contribution in [0.15, 0.2) is 36.7 Å². The Kier molecular flexibility index (Phi) is 7.74. The number of likely N-dealkylation sites (tertiary alicyclic amines) is 1. The molecular weight excluding hydrogens is 522 g/mol. The van der Waals surface area contributed by atoms with E-state index in [0.717, 1.165) is 0 Å². The van der Waals surface area contributed by atoms with Gasteiger partial charge in [0.2, 0.25) is 5.91 Å². The largest absolute Gasteiger partial charge is 0.480 e. The van der Waals surface area contributed by atoms with Crippen molar-refractivity contribution in [3.05, 3.63) is 36.7 Å². The van der Waals surface area contributed by atoms with Gasteiger partial charge in [0.25, 0.3) is 0 Å². The van der Waals surface area contributed by atoms with Crippen LogP contribution in [0, 0.1) is 0 Å². The minimum Gasteiger partial charge on any atom is -0.480 e. The molecule has 0 aliphatic carbocycles. The van der Waals surface area contributed by atoms with Crippen LogP contribution in [0.1, 0.15) is 39.5 Å². The monoisotopic (exact) mass is 555 g/mol. The van der Waals surface area contributed by atoms with Crippen LogP contribution < -0.4 is 21.7 Å². The molecule has 5 rings (SSSR count). The molecule has 214 valence electrons. The lowest BCUT2D eigenvalue weighted by Crippen LogP contribution is -2.41. The number of anilines is 4. The number of aliphatic carboxylic acids is 1. The molecule has 2 aromatic rings. The van der Waals surface area contributed by atoms with E-state index in [9.17, 15) is 19.5 Å². The van der Waals surface area contributed by atoms with Crippen molar-refractivity contribution in [3.63, 3.8) is 0 Å². The maximum Gasteiger partial charge on any atom is 0.326 e. The number of urea groups is 1. The van der Waals surface area contributed by atoms with Crippen molar-refractivity contribution in [1.29, 1.82) is 0 Å². The summed E-state index contributed by atoms with van der Waals surface area (Å²) in [5.41, 5.74) is 6.97. The van der Waals surface area contributed by atoms with Crippen molar-refractivity contribution in [3.8, 4) is 0 Å². The smallest absolute Gasteiger partial charge is 0.326 e. The fourth-order valence-electron chi connectivity index (χ4n) is 5.30. The van der Waals surface area contributed by atoms with Gasteiger partial charge in [-0.15, -0.1) is 0 Å².